The number of carbonyl (C=O) groups is 1. The van der Waals surface area contributed by atoms with E-state index in [0.717, 1.165) is 12.4 Å². The van der Waals surface area contributed by atoms with Gasteiger partial charge in [0.05, 0.1) is 17.3 Å². The van der Waals surface area contributed by atoms with Gasteiger partial charge in [0.25, 0.3) is 0 Å². The van der Waals surface area contributed by atoms with Crippen molar-refractivity contribution in [1.82, 2.24) is 9.78 Å². The van der Waals surface area contributed by atoms with E-state index in [1.807, 2.05) is 0 Å². The number of hydrogen-bond donors (Lipinski definition) is 2. The minimum atomic E-state index is -4.39. The molecule has 1 atom stereocenters. The van der Waals surface area contributed by atoms with Crippen molar-refractivity contribution in [3.63, 3.8) is 0 Å². The standard InChI is InChI=1S/C10H15F3N4O/c1-9(15,8(14)18)3-2-4-17-6-7(5-16-17)10(11,12)13/h5-6H,2-4,15H2,1H3,(H2,14,18). The summed E-state index contributed by atoms with van der Waals surface area (Å²) in [6, 6.07) is 0. The van der Waals surface area contributed by atoms with Crippen molar-refractivity contribution in [2.24, 2.45) is 11.5 Å². The van der Waals surface area contributed by atoms with E-state index in [0.29, 0.717) is 6.42 Å². The molecule has 0 saturated carbocycles. The number of nitrogens with zero attached hydrogens (tertiary/aromatic N) is 2. The lowest BCUT2D eigenvalue weighted by atomic mass is 9.96. The lowest BCUT2D eigenvalue weighted by Gasteiger charge is -2.19. The topological polar surface area (TPSA) is 86.9 Å². The molecule has 0 spiro atoms. The molecule has 5 nitrogen and oxygen atoms in total. The molecule has 0 saturated heterocycles. The lowest BCUT2D eigenvalue weighted by molar-refractivity contribution is -0.137. The Kier molecular flexibility index (Phi) is 4.00. The summed E-state index contributed by atoms with van der Waals surface area (Å²) in [5, 5.41) is 3.59. The lowest BCUT2D eigenvalue weighted by Crippen LogP contribution is -2.49. The average molecular weight is 264 g/mol. The van der Waals surface area contributed by atoms with Gasteiger partial charge in [0, 0.05) is 12.7 Å². The molecule has 0 aliphatic carbocycles. The molecule has 0 radical (unpaired) electrons. The second kappa shape index (κ2) is 4.97. The summed E-state index contributed by atoms with van der Waals surface area (Å²) in [5.41, 5.74) is 8.74. The van der Waals surface area contributed by atoms with E-state index in [1.165, 1.54) is 11.6 Å². The minimum Gasteiger partial charge on any atom is -0.368 e. The summed E-state index contributed by atoms with van der Waals surface area (Å²) in [7, 11) is 0. The van der Waals surface area contributed by atoms with Crippen LogP contribution in [-0.2, 0) is 17.5 Å². The van der Waals surface area contributed by atoms with Crippen molar-refractivity contribution in [2.45, 2.75) is 38.0 Å². The second-order valence-electron chi connectivity index (χ2n) is 4.38. The van der Waals surface area contributed by atoms with Crippen LogP contribution in [0.3, 0.4) is 0 Å². The zero-order valence-electron chi connectivity index (χ0n) is 9.87. The number of aromatic nitrogens is 2. The quantitative estimate of drug-likeness (QED) is 0.827. The first kappa shape index (κ1) is 14.5. The predicted octanol–water partition coefficient (Wildman–Crippen LogP) is 0.885. The van der Waals surface area contributed by atoms with Gasteiger partial charge in [0.15, 0.2) is 0 Å². The molecule has 4 N–H and O–H groups in total. The van der Waals surface area contributed by atoms with Crippen LogP contribution in [0.25, 0.3) is 0 Å². The maximum atomic E-state index is 12.3. The van der Waals surface area contributed by atoms with Crippen molar-refractivity contribution in [3.05, 3.63) is 18.0 Å². The van der Waals surface area contributed by atoms with Crippen molar-refractivity contribution in [3.8, 4) is 0 Å². The Hall–Kier alpha value is -1.57. The molecule has 1 unspecified atom stereocenters. The molecular formula is C10H15F3N4O. The van der Waals surface area contributed by atoms with Gasteiger partial charge in [-0.15, -0.1) is 0 Å². The first-order valence-corrected chi connectivity index (χ1v) is 5.31. The van der Waals surface area contributed by atoms with E-state index in [9.17, 15) is 18.0 Å². The smallest absolute Gasteiger partial charge is 0.368 e. The fourth-order valence-electron chi connectivity index (χ4n) is 1.36. The van der Waals surface area contributed by atoms with E-state index < -0.39 is 23.2 Å². The van der Waals surface area contributed by atoms with Crippen LogP contribution < -0.4 is 11.5 Å². The first-order valence-electron chi connectivity index (χ1n) is 5.31. The molecule has 0 aliphatic heterocycles. The summed E-state index contributed by atoms with van der Waals surface area (Å²) in [6.07, 6.45) is -2.03. The molecule has 0 fully saturated rings. The average Bonchev–Trinajstić information content (AvgIpc) is 2.65. The third kappa shape index (κ3) is 3.73. The van der Waals surface area contributed by atoms with Gasteiger partial charge in [-0.05, 0) is 19.8 Å². The van der Waals surface area contributed by atoms with Crippen LogP contribution in [-0.4, -0.2) is 21.2 Å². The number of rotatable bonds is 5. The monoisotopic (exact) mass is 264 g/mol. The normalized spacial score (nSPS) is 15.4. The second-order valence-corrected chi connectivity index (χ2v) is 4.38. The van der Waals surface area contributed by atoms with Crippen molar-refractivity contribution in [1.29, 1.82) is 0 Å². The summed E-state index contributed by atoms with van der Waals surface area (Å²) >= 11 is 0. The SMILES string of the molecule is CC(N)(CCCn1cc(C(F)(F)F)cn1)C(N)=O. The van der Waals surface area contributed by atoms with E-state index in [1.54, 1.807) is 0 Å². The molecule has 1 heterocycles. The molecule has 0 aromatic carbocycles. The minimum absolute atomic E-state index is 0.246. The number of alkyl halides is 3. The highest BCUT2D eigenvalue weighted by molar-refractivity contribution is 5.83. The fourth-order valence-corrected chi connectivity index (χ4v) is 1.36. The summed E-state index contributed by atoms with van der Waals surface area (Å²) in [5.74, 6) is -0.640. The van der Waals surface area contributed by atoms with Gasteiger partial charge >= 0.3 is 6.18 Å². The molecule has 102 valence electrons. The fraction of sp³-hybridized carbons (Fsp3) is 0.600. The van der Waals surface area contributed by atoms with Gasteiger partial charge in [-0.25, -0.2) is 0 Å². The number of halogens is 3. The third-order valence-electron chi connectivity index (χ3n) is 2.61. The van der Waals surface area contributed by atoms with Crippen molar-refractivity contribution >= 4 is 5.91 Å². The Bertz CT molecular complexity index is 425. The zero-order valence-corrected chi connectivity index (χ0v) is 9.87. The third-order valence-corrected chi connectivity index (χ3v) is 2.61. The number of hydrogen-bond acceptors (Lipinski definition) is 3. The van der Waals surface area contributed by atoms with Gasteiger partial charge in [0.2, 0.25) is 5.91 Å². The Morgan fingerprint density at radius 2 is 2.11 bits per heavy atom. The predicted molar refractivity (Wildman–Crippen MR) is 58.2 cm³/mol. The molecule has 1 rings (SSSR count). The van der Waals surface area contributed by atoms with E-state index in [4.69, 9.17) is 11.5 Å². The molecule has 1 aromatic heterocycles. The maximum absolute atomic E-state index is 12.3. The Labute approximate surface area is 102 Å². The van der Waals surface area contributed by atoms with Gasteiger partial charge in [-0.3, -0.25) is 9.48 Å². The van der Waals surface area contributed by atoms with E-state index in [2.05, 4.69) is 5.10 Å². The Morgan fingerprint density at radius 1 is 1.50 bits per heavy atom. The molecular weight excluding hydrogens is 249 g/mol. The molecule has 0 bridgehead atoms. The van der Waals surface area contributed by atoms with Gasteiger partial charge in [-0.1, -0.05) is 0 Å². The number of carbonyl (C=O) groups excluding carboxylic acids is 1. The van der Waals surface area contributed by atoms with Crippen molar-refractivity contribution in [2.75, 3.05) is 0 Å². The maximum Gasteiger partial charge on any atom is 0.419 e. The molecule has 1 aromatic rings. The van der Waals surface area contributed by atoms with Crippen LogP contribution >= 0.6 is 0 Å². The number of nitrogens with two attached hydrogens (primary N) is 2. The summed E-state index contributed by atoms with van der Waals surface area (Å²) in [6.45, 7) is 1.73. The number of aryl methyl sites for hydroxylation is 1. The van der Waals surface area contributed by atoms with Crippen molar-refractivity contribution < 1.29 is 18.0 Å². The van der Waals surface area contributed by atoms with Crippen LogP contribution in [0.2, 0.25) is 0 Å². The Balaban J connectivity index is 2.51. The van der Waals surface area contributed by atoms with Crippen LogP contribution in [0.1, 0.15) is 25.3 Å². The first-order chi connectivity index (χ1) is 8.13. The largest absolute Gasteiger partial charge is 0.419 e. The Morgan fingerprint density at radius 3 is 2.56 bits per heavy atom. The van der Waals surface area contributed by atoms with Gasteiger partial charge < -0.3 is 11.5 Å². The van der Waals surface area contributed by atoms with Gasteiger partial charge in [0.1, 0.15) is 0 Å². The molecule has 1 amide bonds. The highest BCUT2D eigenvalue weighted by atomic mass is 19.4. The summed E-state index contributed by atoms with van der Waals surface area (Å²) in [4.78, 5) is 10.9. The van der Waals surface area contributed by atoms with Crippen LogP contribution in [0.15, 0.2) is 12.4 Å². The molecule has 8 heteroatoms. The highest BCUT2D eigenvalue weighted by Gasteiger charge is 2.32. The highest BCUT2D eigenvalue weighted by Crippen LogP contribution is 2.28. The number of amides is 1. The van der Waals surface area contributed by atoms with Crippen LogP contribution in [0.4, 0.5) is 13.2 Å². The number of primary amides is 1. The van der Waals surface area contributed by atoms with Crippen LogP contribution in [0, 0.1) is 0 Å². The zero-order chi connectivity index (χ0) is 14.0. The molecule has 18 heavy (non-hydrogen) atoms. The van der Waals surface area contributed by atoms with E-state index in [-0.39, 0.29) is 13.0 Å². The van der Waals surface area contributed by atoms with Gasteiger partial charge in [-0.2, -0.15) is 18.3 Å². The van der Waals surface area contributed by atoms with E-state index >= 15 is 0 Å². The molecule has 0 aliphatic rings. The van der Waals surface area contributed by atoms with Crippen LogP contribution in [0.5, 0.6) is 0 Å². The summed E-state index contributed by atoms with van der Waals surface area (Å²) < 4.78 is 38.0.